The summed E-state index contributed by atoms with van der Waals surface area (Å²) in [6.45, 7) is 0.612. The molecule has 6 heteroatoms. The molecule has 1 heterocycles. The van der Waals surface area contributed by atoms with Gasteiger partial charge in [0.2, 0.25) is 5.91 Å². The summed E-state index contributed by atoms with van der Waals surface area (Å²) in [6, 6.07) is 5.25. The highest BCUT2D eigenvalue weighted by atomic mass is 79.9. The Balaban J connectivity index is 2.41. The van der Waals surface area contributed by atoms with E-state index in [-0.39, 0.29) is 23.1 Å². The van der Waals surface area contributed by atoms with Crippen molar-refractivity contribution < 1.29 is 4.79 Å². The van der Waals surface area contributed by atoms with Gasteiger partial charge in [0.1, 0.15) is 6.07 Å². The van der Waals surface area contributed by atoms with Gasteiger partial charge < -0.3 is 10.6 Å². The van der Waals surface area contributed by atoms with Crippen LogP contribution in [0.3, 0.4) is 0 Å². The molecule has 0 radical (unpaired) electrons. The highest BCUT2D eigenvalue weighted by molar-refractivity contribution is 9.09. The molecule has 1 aliphatic rings. The fraction of sp³-hybridized carbons (Fsp3) is 0.333. The van der Waals surface area contributed by atoms with Gasteiger partial charge in [0.15, 0.2) is 0 Å². The quantitative estimate of drug-likeness (QED) is 0.670. The van der Waals surface area contributed by atoms with Gasteiger partial charge in [0.25, 0.3) is 0 Å². The van der Waals surface area contributed by atoms with E-state index in [2.05, 4.69) is 15.9 Å². The maximum Gasteiger partial charge on any atom is 0.227 e. The second-order valence-corrected chi connectivity index (χ2v) is 5.25. The van der Waals surface area contributed by atoms with E-state index in [1.807, 2.05) is 6.07 Å². The van der Waals surface area contributed by atoms with Crippen LogP contribution in [0.1, 0.15) is 12.0 Å². The van der Waals surface area contributed by atoms with Crippen molar-refractivity contribution in [2.24, 2.45) is 5.92 Å². The van der Waals surface area contributed by atoms with Crippen molar-refractivity contribution in [1.29, 1.82) is 5.26 Å². The number of nitrogens with two attached hydrogens (primary N) is 1. The maximum atomic E-state index is 11.9. The molecule has 1 atom stereocenters. The van der Waals surface area contributed by atoms with Crippen LogP contribution in [-0.4, -0.2) is 17.8 Å². The van der Waals surface area contributed by atoms with E-state index in [4.69, 9.17) is 22.6 Å². The van der Waals surface area contributed by atoms with Crippen LogP contribution in [0.4, 0.5) is 11.4 Å². The smallest absolute Gasteiger partial charge is 0.227 e. The van der Waals surface area contributed by atoms with E-state index < -0.39 is 0 Å². The molecule has 0 spiro atoms. The van der Waals surface area contributed by atoms with Crippen molar-refractivity contribution in [2.45, 2.75) is 6.42 Å². The minimum Gasteiger partial charge on any atom is -0.396 e. The summed E-state index contributed by atoms with van der Waals surface area (Å²) in [4.78, 5) is 13.5. The fourth-order valence-electron chi connectivity index (χ4n) is 2.05. The molecule has 1 aliphatic heterocycles. The Morgan fingerprint density at radius 3 is 2.89 bits per heavy atom. The summed E-state index contributed by atoms with van der Waals surface area (Å²) in [5.41, 5.74) is 6.98. The molecule has 0 aromatic heterocycles. The molecule has 18 heavy (non-hydrogen) atoms. The van der Waals surface area contributed by atoms with Crippen LogP contribution < -0.4 is 10.6 Å². The summed E-state index contributed by atoms with van der Waals surface area (Å²) < 4.78 is 0. The molecular formula is C12H11BrClN3O. The number of nitrogen functional groups attached to an aromatic ring is 1. The molecule has 0 bridgehead atoms. The maximum absolute atomic E-state index is 11.9. The number of carbonyl (C=O) groups excluding carboxylic acids is 1. The van der Waals surface area contributed by atoms with Crippen LogP contribution in [0.25, 0.3) is 0 Å². The highest BCUT2D eigenvalue weighted by Gasteiger charge is 2.31. The molecule has 0 saturated carbocycles. The molecule has 2 rings (SSSR count). The van der Waals surface area contributed by atoms with Gasteiger partial charge in [-0.25, -0.2) is 0 Å². The molecule has 1 aromatic rings. The van der Waals surface area contributed by atoms with Gasteiger partial charge in [-0.2, -0.15) is 5.26 Å². The molecular weight excluding hydrogens is 318 g/mol. The number of carbonyl (C=O) groups is 1. The van der Waals surface area contributed by atoms with Gasteiger partial charge in [0.05, 0.1) is 22.0 Å². The molecule has 1 amide bonds. The third kappa shape index (κ3) is 2.18. The van der Waals surface area contributed by atoms with E-state index in [9.17, 15) is 4.79 Å². The first-order chi connectivity index (χ1) is 8.58. The summed E-state index contributed by atoms with van der Waals surface area (Å²) >= 11 is 9.27. The summed E-state index contributed by atoms with van der Waals surface area (Å²) in [5, 5.41) is 10.1. The Morgan fingerprint density at radius 2 is 2.33 bits per heavy atom. The number of anilines is 2. The number of benzene rings is 1. The van der Waals surface area contributed by atoms with Gasteiger partial charge in [-0.05, 0) is 18.1 Å². The van der Waals surface area contributed by atoms with E-state index in [1.165, 1.54) is 0 Å². The molecule has 94 valence electrons. The topological polar surface area (TPSA) is 70.1 Å². The lowest BCUT2D eigenvalue weighted by atomic mass is 10.1. The van der Waals surface area contributed by atoms with Gasteiger partial charge in [-0.1, -0.05) is 27.5 Å². The third-order valence-electron chi connectivity index (χ3n) is 3.00. The first-order valence-electron chi connectivity index (χ1n) is 5.43. The van der Waals surface area contributed by atoms with E-state index in [0.717, 1.165) is 5.33 Å². The van der Waals surface area contributed by atoms with Crippen molar-refractivity contribution >= 4 is 44.8 Å². The molecule has 1 fully saturated rings. The second-order valence-electron chi connectivity index (χ2n) is 4.20. The minimum absolute atomic E-state index is 0.0253. The number of nitriles is 1. The highest BCUT2D eigenvalue weighted by Crippen LogP contribution is 2.35. The van der Waals surface area contributed by atoms with Crippen LogP contribution in [0, 0.1) is 17.2 Å². The number of rotatable bonds is 2. The summed E-state index contributed by atoms with van der Waals surface area (Å²) in [6.07, 6.45) is 0.495. The van der Waals surface area contributed by atoms with Crippen LogP contribution >= 0.6 is 27.5 Å². The standard InChI is InChI=1S/C12H11BrClN3O/c13-4-7-3-11(18)17(6-7)10-2-1-9(14)8(5-15)12(10)16/h1-2,7H,3-4,6,16H2. The van der Waals surface area contributed by atoms with Gasteiger partial charge in [-0.3, -0.25) is 4.79 Å². The van der Waals surface area contributed by atoms with Crippen LogP contribution in [-0.2, 0) is 4.79 Å². The largest absolute Gasteiger partial charge is 0.396 e. The predicted octanol–water partition coefficient (Wildman–Crippen LogP) is 2.54. The Hall–Kier alpha value is -1.25. The van der Waals surface area contributed by atoms with Crippen molar-refractivity contribution in [3.05, 3.63) is 22.7 Å². The van der Waals surface area contributed by atoms with Gasteiger partial charge in [0, 0.05) is 18.3 Å². The zero-order chi connectivity index (χ0) is 13.3. The van der Waals surface area contributed by atoms with Crippen molar-refractivity contribution in [3.63, 3.8) is 0 Å². The Bertz CT molecular complexity index is 541. The monoisotopic (exact) mass is 327 g/mol. The Morgan fingerprint density at radius 1 is 1.61 bits per heavy atom. The van der Waals surface area contributed by atoms with Crippen LogP contribution in [0.15, 0.2) is 12.1 Å². The lowest BCUT2D eigenvalue weighted by Crippen LogP contribution is -2.25. The average molecular weight is 329 g/mol. The van der Waals surface area contributed by atoms with E-state index in [1.54, 1.807) is 17.0 Å². The van der Waals surface area contributed by atoms with Gasteiger partial charge in [-0.15, -0.1) is 0 Å². The molecule has 2 N–H and O–H groups in total. The lowest BCUT2D eigenvalue weighted by Gasteiger charge is -2.19. The number of nitrogens with zero attached hydrogens (tertiary/aromatic N) is 2. The number of hydrogen-bond donors (Lipinski definition) is 1. The Labute approximate surface area is 118 Å². The Kier molecular flexibility index (Phi) is 3.79. The number of alkyl halides is 1. The number of hydrogen-bond acceptors (Lipinski definition) is 3. The zero-order valence-corrected chi connectivity index (χ0v) is 11.8. The van der Waals surface area contributed by atoms with Crippen molar-refractivity contribution in [1.82, 2.24) is 0 Å². The van der Waals surface area contributed by atoms with Crippen molar-refractivity contribution in [3.8, 4) is 6.07 Å². The van der Waals surface area contributed by atoms with Gasteiger partial charge >= 0.3 is 0 Å². The normalized spacial score (nSPS) is 19.1. The summed E-state index contributed by atoms with van der Waals surface area (Å²) in [5.74, 6) is 0.301. The van der Waals surface area contributed by atoms with E-state index >= 15 is 0 Å². The number of halogens is 2. The first kappa shape index (κ1) is 13.2. The van der Waals surface area contributed by atoms with Crippen LogP contribution in [0.2, 0.25) is 5.02 Å². The SMILES string of the molecule is N#Cc1c(Cl)ccc(N2CC(CBr)CC2=O)c1N. The first-order valence-corrected chi connectivity index (χ1v) is 6.92. The molecule has 4 nitrogen and oxygen atoms in total. The minimum atomic E-state index is 0.0253. The van der Waals surface area contributed by atoms with E-state index in [0.29, 0.717) is 23.7 Å². The molecule has 1 saturated heterocycles. The average Bonchev–Trinajstić information content (AvgIpc) is 2.71. The fourth-order valence-corrected chi connectivity index (χ4v) is 2.69. The zero-order valence-electron chi connectivity index (χ0n) is 9.49. The molecule has 1 aromatic carbocycles. The second kappa shape index (κ2) is 5.17. The van der Waals surface area contributed by atoms with Crippen LogP contribution in [0.5, 0.6) is 0 Å². The number of amides is 1. The lowest BCUT2D eigenvalue weighted by molar-refractivity contribution is -0.117. The summed E-state index contributed by atoms with van der Waals surface area (Å²) in [7, 11) is 0. The van der Waals surface area contributed by atoms with Crippen molar-refractivity contribution in [2.75, 3.05) is 22.5 Å². The third-order valence-corrected chi connectivity index (χ3v) is 4.23. The molecule has 0 aliphatic carbocycles. The predicted molar refractivity (Wildman–Crippen MR) is 74.8 cm³/mol. The molecule has 1 unspecified atom stereocenters.